The molecule has 5 heteroatoms. The number of halogens is 2. The fraction of sp³-hybridized carbons (Fsp3) is 0.167. The van der Waals surface area contributed by atoms with Gasteiger partial charge in [-0.15, -0.1) is 0 Å². The third kappa shape index (κ3) is 2.42. The highest BCUT2D eigenvalue weighted by Crippen LogP contribution is 2.21. The maximum atomic E-state index is 12.3. The van der Waals surface area contributed by atoms with E-state index in [0.717, 1.165) is 4.47 Å². The van der Waals surface area contributed by atoms with Gasteiger partial charge in [-0.2, -0.15) is 5.10 Å². The minimum absolute atomic E-state index is 0.115. The molecule has 0 bridgehead atoms. The molecule has 0 amide bonds. The molecule has 17 heavy (non-hydrogen) atoms. The molecule has 0 aliphatic carbocycles. The second kappa shape index (κ2) is 5.02. The van der Waals surface area contributed by atoms with Crippen molar-refractivity contribution in [2.45, 2.75) is 13.5 Å². The van der Waals surface area contributed by atoms with Crippen LogP contribution in [0.15, 0.2) is 34.9 Å². The third-order valence-corrected chi connectivity index (χ3v) is 3.17. The molecule has 1 aromatic heterocycles. The Hall–Kier alpha value is -1.13. The number of carbonyl (C=O) groups is 1. The molecule has 0 fully saturated rings. The normalized spacial score (nSPS) is 10.5. The second-order valence-electron chi connectivity index (χ2n) is 3.50. The van der Waals surface area contributed by atoms with Crippen molar-refractivity contribution in [2.24, 2.45) is 0 Å². The van der Waals surface area contributed by atoms with Gasteiger partial charge in [-0.3, -0.25) is 9.48 Å². The first-order valence-electron chi connectivity index (χ1n) is 5.15. The van der Waals surface area contributed by atoms with Crippen LogP contribution in [0.2, 0.25) is 5.02 Å². The number of hydrogen-bond acceptors (Lipinski definition) is 2. The van der Waals surface area contributed by atoms with Gasteiger partial charge in [-0.25, -0.2) is 0 Å². The molecule has 0 aliphatic heterocycles. The maximum Gasteiger partial charge on any atom is 0.212 e. The van der Waals surface area contributed by atoms with E-state index in [0.29, 0.717) is 22.8 Å². The highest BCUT2D eigenvalue weighted by atomic mass is 79.9. The zero-order valence-electron chi connectivity index (χ0n) is 9.15. The number of nitrogens with zero attached hydrogens (tertiary/aromatic N) is 2. The summed E-state index contributed by atoms with van der Waals surface area (Å²) < 4.78 is 2.47. The van der Waals surface area contributed by atoms with Crippen LogP contribution < -0.4 is 0 Å². The van der Waals surface area contributed by atoms with E-state index < -0.39 is 0 Å². The van der Waals surface area contributed by atoms with Crippen LogP contribution in [-0.4, -0.2) is 15.6 Å². The van der Waals surface area contributed by atoms with E-state index in [2.05, 4.69) is 21.0 Å². The van der Waals surface area contributed by atoms with E-state index in [1.165, 1.54) is 6.20 Å². The number of rotatable bonds is 3. The number of carbonyl (C=O) groups excluding carboxylic acids is 1. The van der Waals surface area contributed by atoms with Crippen molar-refractivity contribution < 1.29 is 4.79 Å². The summed E-state index contributed by atoms with van der Waals surface area (Å²) in [6, 6.07) is 7.22. The average Bonchev–Trinajstić information content (AvgIpc) is 2.69. The van der Waals surface area contributed by atoms with E-state index in [9.17, 15) is 4.79 Å². The summed E-state index contributed by atoms with van der Waals surface area (Å²) in [6.07, 6.45) is 1.50. The number of ketones is 1. The molecule has 0 unspecified atom stereocenters. The minimum atomic E-state index is -0.115. The molecule has 0 aliphatic rings. The first kappa shape index (κ1) is 12.3. The molecule has 0 radical (unpaired) electrons. The quantitative estimate of drug-likeness (QED) is 0.812. The van der Waals surface area contributed by atoms with Crippen LogP contribution in [-0.2, 0) is 6.54 Å². The van der Waals surface area contributed by atoms with Crippen molar-refractivity contribution in [3.05, 3.63) is 51.2 Å². The molecule has 3 nitrogen and oxygen atoms in total. The van der Waals surface area contributed by atoms with Crippen molar-refractivity contribution in [3.63, 3.8) is 0 Å². The number of benzene rings is 1. The van der Waals surface area contributed by atoms with E-state index >= 15 is 0 Å². The van der Waals surface area contributed by atoms with E-state index in [1.807, 2.05) is 19.1 Å². The van der Waals surface area contributed by atoms with Gasteiger partial charge in [0.25, 0.3) is 0 Å². The molecule has 88 valence electrons. The minimum Gasteiger partial charge on any atom is -0.287 e. The van der Waals surface area contributed by atoms with Gasteiger partial charge in [-0.05, 0) is 19.1 Å². The van der Waals surface area contributed by atoms with Gasteiger partial charge in [0.1, 0.15) is 5.69 Å². The molecule has 2 aromatic rings. The summed E-state index contributed by atoms with van der Waals surface area (Å²) in [6.45, 7) is 2.53. The number of aryl methyl sites for hydroxylation is 1. The van der Waals surface area contributed by atoms with Crippen molar-refractivity contribution in [1.29, 1.82) is 0 Å². The van der Waals surface area contributed by atoms with Gasteiger partial charge in [0.15, 0.2) is 0 Å². The Morgan fingerprint density at radius 2 is 2.29 bits per heavy atom. The molecule has 1 aromatic carbocycles. The van der Waals surface area contributed by atoms with Gasteiger partial charge in [0.2, 0.25) is 5.78 Å². The Bertz CT molecular complexity index is 565. The van der Waals surface area contributed by atoms with Gasteiger partial charge < -0.3 is 0 Å². The summed E-state index contributed by atoms with van der Waals surface area (Å²) in [4.78, 5) is 12.3. The fourth-order valence-corrected chi connectivity index (χ4v) is 2.22. The average molecular weight is 314 g/mol. The van der Waals surface area contributed by atoms with E-state index in [4.69, 9.17) is 11.6 Å². The van der Waals surface area contributed by atoms with Crippen LogP contribution >= 0.6 is 27.5 Å². The highest BCUT2D eigenvalue weighted by molar-refractivity contribution is 9.10. The molecular weight excluding hydrogens is 304 g/mol. The van der Waals surface area contributed by atoms with Gasteiger partial charge in [-0.1, -0.05) is 39.7 Å². The fourth-order valence-electron chi connectivity index (χ4n) is 1.59. The zero-order valence-corrected chi connectivity index (χ0v) is 11.5. The van der Waals surface area contributed by atoms with Crippen molar-refractivity contribution in [2.75, 3.05) is 0 Å². The maximum absolute atomic E-state index is 12.3. The standard InChI is InChI=1S/C12H10BrClN2O/c1-2-16-11(10(14)7-15-16)12(17)8-4-3-5-9(13)6-8/h3-7H,2H2,1H3. The Labute approximate surface area is 113 Å². The molecule has 1 heterocycles. The lowest BCUT2D eigenvalue weighted by Gasteiger charge is -2.05. The Balaban J connectivity index is 2.47. The predicted octanol–water partition coefficient (Wildman–Crippen LogP) is 3.55. The van der Waals surface area contributed by atoms with Crippen LogP contribution in [0.4, 0.5) is 0 Å². The van der Waals surface area contributed by atoms with Crippen LogP contribution in [0.1, 0.15) is 23.0 Å². The van der Waals surface area contributed by atoms with Crippen LogP contribution in [0.25, 0.3) is 0 Å². The molecule has 0 saturated heterocycles. The molecular formula is C12H10BrClN2O. The van der Waals surface area contributed by atoms with Gasteiger partial charge >= 0.3 is 0 Å². The molecule has 0 N–H and O–H groups in total. The number of hydrogen-bond donors (Lipinski definition) is 0. The van der Waals surface area contributed by atoms with Crippen LogP contribution in [0.5, 0.6) is 0 Å². The lowest BCUT2D eigenvalue weighted by Crippen LogP contribution is -2.11. The molecule has 0 saturated carbocycles. The molecule has 0 atom stereocenters. The Kier molecular flexibility index (Phi) is 3.64. The van der Waals surface area contributed by atoms with Crippen molar-refractivity contribution >= 4 is 33.3 Å². The summed E-state index contributed by atoms with van der Waals surface area (Å²) in [5.41, 5.74) is 1.03. The lowest BCUT2D eigenvalue weighted by molar-refractivity contribution is 0.102. The molecule has 0 spiro atoms. The van der Waals surface area contributed by atoms with E-state index in [1.54, 1.807) is 16.8 Å². The summed E-state index contributed by atoms with van der Waals surface area (Å²) >= 11 is 9.33. The number of aromatic nitrogens is 2. The second-order valence-corrected chi connectivity index (χ2v) is 4.82. The van der Waals surface area contributed by atoms with Crippen LogP contribution in [0.3, 0.4) is 0 Å². The Morgan fingerprint density at radius 1 is 1.53 bits per heavy atom. The predicted molar refractivity (Wildman–Crippen MR) is 70.5 cm³/mol. The Morgan fingerprint density at radius 3 is 2.94 bits per heavy atom. The lowest BCUT2D eigenvalue weighted by atomic mass is 10.1. The monoisotopic (exact) mass is 312 g/mol. The largest absolute Gasteiger partial charge is 0.287 e. The smallest absolute Gasteiger partial charge is 0.212 e. The van der Waals surface area contributed by atoms with Crippen molar-refractivity contribution in [3.8, 4) is 0 Å². The summed E-state index contributed by atoms with van der Waals surface area (Å²) in [5.74, 6) is -0.115. The zero-order chi connectivity index (χ0) is 12.4. The van der Waals surface area contributed by atoms with Gasteiger partial charge in [0.05, 0.1) is 11.2 Å². The first-order valence-corrected chi connectivity index (χ1v) is 6.32. The van der Waals surface area contributed by atoms with Crippen LogP contribution in [0, 0.1) is 0 Å². The first-order chi connectivity index (χ1) is 8.13. The highest BCUT2D eigenvalue weighted by Gasteiger charge is 2.18. The molecule has 2 rings (SSSR count). The van der Waals surface area contributed by atoms with Gasteiger partial charge in [0, 0.05) is 16.6 Å². The SMILES string of the molecule is CCn1ncc(Cl)c1C(=O)c1cccc(Br)c1. The summed E-state index contributed by atoms with van der Waals surface area (Å²) in [7, 11) is 0. The third-order valence-electron chi connectivity index (χ3n) is 2.40. The topological polar surface area (TPSA) is 34.9 Å². The summed E-state index contributed by atoms with van der Waals surface area (Å²) in [5, 5.41) is 4.44. The van der Waals surface area contributed by atoms with E-state index in [-0.39, 0.29) is 5.78 Å². The van der Waals surface area contributed by atoms with Crippen molar-refractivity contribution in [1.82, 2.24) is 9.78 Å².